The van der Waals surface area contributed by atoms with Crippen molar-refractivity contribution in [2.45, 2.75) is 13.3 Å². The van der Waals surface area contributed by atoms with Crippen LogP contribution < -0.4 is 5.11 Å². The third-order valence-electron chi connectivity index (χ3n) is 1.58. The summed E-state index contributed by atoms with van der Waals surface area (Å²) in [5, 5.41) is 19.1. The first-order valence-corrected chi connectivity index (χ1v) is 4.11. The summed E-state index contributed by atoms with van der Waals surface area (Å²) in [7, 11) is 0. The van der Waals surface area contributed by atoms with Crippen molar-refractivity contribution in [1.29, 1.82) is 0 Å². The number of carbonyl (C=O) groups is 1. The second kappa shape index (κ2) is 6.56. The third-order valence-corrected chi connectivity index (χ3v) is 1.58. The predicted octanol–water partition coefficient (Wildman–Crippen LogP) is 0.967. The van der Waals surface area contributed by atoms with Crippen molar-refractivity contribution in [2.75, 3.05) is 0 Å². The molecular weight excluding hydrogens is 383 g/mol. The van der Waals surface area contributed by atoms with Gasteiger partial charge in [0, 0.05) is 1.43 Å². The number of carboxylic acid groups (broad SMARTS) is 1. The van der Waals surface area contributed by atoms with E-state index in [1.54, 1.807) is 24.3 Å². The minimum atomic E-state index is -0.874. The molecular formula is C10H12HgNO3. The van der Waals surface area contributed by atoms with Gasteiger partial charge < -0.3 is 10.2 Å². The number of nitrogens with zero attached hydrogens (tertiary/aromatic N) is 1. The molecule has 0 heterocycles. The second-order valence-electron chi connectivity index (χ2n) is 2.87. The molecule has 1 radical (unpaired) electrons. The van der Waals surface area contributed by atoms with Crippen LogP contribution in [0.4, 0.5) is 5.69 Å². The molecule has 0 unspecified atom stereocenters. The van der Waals surface area contributed by atoms with E-state index >= 15 is 0 Å². The maximum Gasteiger partial charge on any atom is 1.00 e. The van der Waals surface area contributed by atoms with Gasteiger partial charge in [0.25, 0.3) is 0 Å². The van der Waals surface area contributed by atoms with Crippen LogP contribution in [0.2, 0.25) is 0 Å². The van der Waals surface area contributed by atoms with Gasteiger partial charge in [-0.25, -0.2) is 0 Å². The first-order valence-electron chi connectivity index (χ1n) is 4.11. The first kappa shape index (κ1) is 14.1. The summed E-state index contributed by atoms with van der Waals surface area (Å²) in [6.45, 7) is 1.37. The standard InChI is InChI=1S/C10H11NO3.Hg.H2/c1-7(12)11-9-4-2-8(3-5-9)6-10(13)14;;/h2-5H,6H2,1H3,(H,11,12)(H,13,14);;1H/q;+1;/p-1. The van der Waals surface area contributed by atoms with E-state index in [0.29, 0.717) is 11.3 Å². The third kappa shape index (κ3) is 5.52. The molecule has 0 saturated heterocycles. The van der Waals surface area contributed by atoms with E-state index in [1.165, 1.54) is 6.92 Å². The van der Waals surface area contributed by atoms with Crippen LogP contribution in [0.3, 0.4) is 0 Å². The summed E-state index contributed by atoms with van der Waals surface area (Å²) in [6, 6.07) is 6.55. The van der Waals surface area contributed by atoms with Crippen molar-refractivity contribution >= 4 is 17.6 Å². The molecule has 0 fully saturated rings. The molecule has 0 amide bonds. The summed E-state index contributed by atoms with van der Waals surface area (Å²) >= 11 is 0. The summed E-state index contributed by atoms with van der Waals surface area (Å²) in [5.74, 6) is -1.14. The summed E-state index contributed by atoms with van der Waals surface area (Å²) < 4.78 is 0. The fourth-order valence-corrected chi connectivity index (χ4v) is 1.04. The molecule has 1 N–H and O–H groups in total. The Kier molecular flexibility index (Phi) is 6.16. The van der Waals surface area contributed by atoms with E-state index in [0.717, 1.165) is 0 Å². The normalized spacial score (nSPS) is 10.6. The fourth-order valence-electron chi connectivity index (χ4n) is 1.04. The van der Waals surface area contributed by atoms with Gasteiger partial charge in [-0.1, -0.05) is 12.1 Å². The van der Waals surface area contributed by atoms with E-state index in [9.17, 15) is 9.90 Å². The van der Waals surface area contributed by atoms with Crippen molar-refractivity contribution in [1.82, 2.24) is 0 Å². The van der Waals surface area contributed by atoms with Gasteiger partial charge in [0.05, 0.1) is 12.1 Å². The molecule has 0 aromatic heterocycles. The molecule has 0 aliphatic heterocycles. The Morgan fingerprint density at radius 1 is 1.47 bits per heavy atom. The summed E-state index contributed by atoms with van der Waals surface area (Å²) in [6.07, 6.45) is -0.0135. The Labute approximate surface area is 110 Å². The number of aliphatic carboxylic acids is 1. The molecule has 0 bridgehead atoms. The van der Waals surface area contributed by atoms with Gasteiger partial charge in [-0.15, -0.1) is 0 Å². The number of benzene rings is 1. The van der Waals surface area contributed by atoms with Crippen molar-refractivity contribution in [3.63, 3.8) is 0 Å². The number of carboxylic acids is 1. The van der Waals surface area contributed by atoms with Crippen molar-refractivity contribution in [3.05, 3.63) is 29.8 Å². The Bertz CT molecular complexity index is 361. The molecule has 0 spiro atoms. The maximum atomic E-state index is 10.6. The first-order chi connectivity index (χ1) is 6.58. The maximum absolute atomic E-state index is 10.6. The zero-order valence-corrected chi connectivity index (χ0v) is 13.9. The van der Waals surface area contributed by atoms with E-state index in [-0.39, 0.29) is 41.4 Å². The van der Waals surface area contributed by atoms with Crippen LogP contribution in [0.15, 0.2) is 29.3 Å². The average molecular weight is 395 g/mol. The van der Waals surface area contributed by atoms with Gasteiger partial charge in [-0.05, 0) is 30.5 Å². The molecule has 1 aromatic rings. The van der Waals surface area contributed by atoms with Crippen molar-refractivity contribution < 1.29 is 44.1 Å². The summed E-state index contributed by atoms with van der Waals surface area (Å²) in [5.41, 5.74) is 1.24. The van der Waals surface area contributed by atoms with Crippen LogP contribution in [0.25, 0.3) is 0 Å². The Balaban J connectivity index is 0. The summed E-state index contributed by atoms with van der Waals surface area (Å²) in [4.78, 5) is 14.0. The van der Waals surface area contributed by atoms with Gasteiger partial charge in [-0.2, -0.15) is 0 Å². The van der Waals surface area contributed by atoms with E-state index in [1.807, 2.05) is 0 Å². The topological polar surface area (TPSA) is 72.7 Å². The number of rotatable bonds is 3. The number of aliphatic imine (C=N–C) groups is 1. The molecule has 1 aromatic carbocycles. The van der Waals surface area contributed by atoms with E-state index in [2.05, 4.69) is 4.99 Å². The molecule has 4 nitrogen and oxygen atoms in total. The molecule has 0 saturated carbocycles. The number of hydrogen-bond donors (Lipinski definition) is 1. The van der Waals surface area contributed by atoms with E-state index < -0.39 is 5.97 Å². The van der Waals surface area contributed by atoms with Crippen molar-refractivity contribution in [2.24, 2.45) is 4.99 Å². The smallest absolute Gasteiger partial charge is 0.862 e. The zero-order chi connectivity index (χ0) is 10.6. The van der Waals surface area contributed by atoms with Gasteiger partial charge in [0.15, 0.2) is 0 Å². The minimum Gasteiger partial charge on any atom is -0.862 e. The second-order valence-corrected chi connectivity index (χ2v) is 2.87. The van der Waals surface area contributed by atoms with Crippen molar-refractivity contribution in [3.8, 4) is 0 Å². The van der Waals surface area contributed by atoms with Crippen LogP contribution >= 0.6 is 0 Å². The monoisotopic (exact) mass is 396 g/mol. The molecule has 0 aliphatic carbocycles. The fraction of sp³-hybridized carbons (Fsp3) is 0.200. The molecule has 0 atom stereocenters. The quantitative estimate of drug-likeness (QED) is 0.471. The molecule has 15 heavy (non-hydrogen) atoms. The van der Waals surface area contributed by atoms with Crippen LogP contribution in [-0.2, 0) is 38.9 Å². The Hall–Kier alpha value is -0.905. The molecule has 0 aliphatic rings. The van der Waals surface area contributed by atoms with Crippen LogP contribution in [0.5, 0.6) is 0 Å². The van der Waals surface area contributed by atoms with Crippen LogP contribution in [0.1, 0.15) is 13.9 Å². The number of hydrogen-bond acceptors (Lipinski definition) is 3. The van der Waals surface area contributed by atoms with Gasteiger partial charge in [0.2, 0.25) is 0 Å². The largest absolute Gasteiger partial charge is 1.00 e. The van der Waals surface area contributed by atoms with Crippen LogP contribution in [-0.4, -0.2) is 17.0 Å². The van der Waals surface area contributed by atoms with E-state index in [4.69, 9.17) is 5.11 Å². The van der Waals surface area contributed by atoms with Gasteiger partial charge >= 0.3 is 33.6 Å². The average Bonchev–Trinajstić information content (AvgIpc) is 2.06. The predicted molar refractivity (Wildman–Crippen MR) is 52.7 cm³/mol. The molecule has 77 valence electrons. The SMILES string of the molecule is CC([O-])=Nc1ccc(CC(=O)O)cc1.[HH].[Hg+]. The minimum absolute atomic E-state index is 0. The zero-order valence-electron chi connectivity index (χ0n) is 8.43. The Morgan fingerprint density at radius 3 is 2.40 bits per heavy atom. The van der Waals surface area contributed by atoms with Crippen LogP contribution in [0, 0.1) is 0 Å². The molecule has 1 rings (SSSR count). The molecule has 5 heteroatoms. The Morgan fingerprint density at radius 2 is 2.00 bits per heavy atom. The van der Waals surface area contributed by atoms with Gasteiger partial charge in [-0.3, -0.25) is 9.79 Å². The van der Waals surface area contributed by atoms with Gasteiger partial charge in [0.1, 0.15) is 0 Å².